The van der Waals surface area contributed by atoms with Gasteiger partial charge in [-0.25, -0.2) is 0 Å². The van der Waals surface area contributed by atoms with Gasteiger partial charge in [0, 0.05) is 10.0 Å². The number of halogens is 1. The van der Waals surface area contributed by atoms with Gasteiger partial charge in [-0.2, -0.15) is 0 Å². The number of hydrogen-bond acceptors (Lipinski definition) is 3. The first-order valence-electron chi connectivity index (χ1n) is 7.29. The topological polar surface area (TPSA) is 47.6 Å². The summed E-state index contributed by atoms with van der Waals surface area (Å²) in [5, 5.41) is 3.00. The Balaban J connectivity index is 2.05. The van der Waals surface area contributed by atoms with E-state index in [2.05, 4.69) is 21.2 Å². The summed E-state index contributed by atoms with van der Waals surface area (Å²) in [6, 6.07) is 13.3. The van der Waals surface area contributed by atoms with Crippen LogP contribution < -0.4 is 14.8 Å². The first-order valence-corrected chi connectivity index (χ1v) is 8.08. The Morgan fingerprint density at radius 2 is 1.83 bits per heavy atom. The molecule has 0 aliphatic heterocycles. The molecule has 2 aromatic rings. The van der Waals surface area contributed by atoms with Gasteiger partial charge in [-0.1, -0.05) is 28.1 Å². The van der Waals surface area contributed by atoms with Crippen LogP contribution in [0, 0.1) is 0 Å². The second-order valence-electron chi connectivity index (χ2n) is 5.20. The second-order valence-corrected chi connectivity index (χ2v) is 6.11. The number of rotatable bonds is 6. The van der Waals surface area contributed by atoms with E-state index < -0.39 is 0 Å². The summed E-state index contributed by atoms with van der Waals surface area (Å²) in [7, 11) is 3.19. The van der Waals surface area contributed by atoms with Crippen LogP contribution in [0.4, 0.5) is 0 Å². The maximum absolute atomic E-state index is 12.3. The van der Waals surface area contributed by atoms with Crippen LogP contribution in [0.2, 0.25) is 0 Å². The van der Waals surface area contributed by atoms with Crippen molar-refractivity contribution in [3.63, 3.8) is 0 Å². The molecule has 1 amide bonds. The number of methoxy groups -OCH3 is 2. The van der Waals surface area contributed by atoms with E-state index in [0.29, 0.717) is 11.5 Å². The first-order chi connectivity index (χ1) is 11.0. The molecule has 0 saturated heterocycles. The van der Waals surface area contributed by atoms with E-state index in [9.17, 15) is 4.79 Å². The predicted octanol–water partition coefficient (Wildman–Crippen LogP) is 3.89. The van der Waals surface area contributed by atoms with E-state index in [0.717, 1.165) is 15.6 Å². The average Bonchev–Trinajstić information content (AvgIpc) is 2.55. The maximum atomic E-state index is 12.3. The van der Waals surface area contributed by atoms with Crippen LogP contribution in [0.15, 0.2) is 46.9 Å². The Hall–Kier alpha value is -2.01. The molecule has 0 aliphatic rings. The number of hydrogen-bond donors (Lipinski definition) is 1. The smallest absolute Gasteiger partial charge is 0.225 e. The van der Waals surface area contributed by atoms with E-state index in [1.807, 2.05) is 43.3 Å². The van der Waals surface area contributed by atoms with Gasteiger partial charge in [-0.05, 0) is 42.8 Å². The van der Waals surface area contributed by atoms with Crippen LogP contribution in [-0.4, -0.2) is 20.1 Å². The number of amides is 1. The van der Waals surface area contributed by atoms with Gasteiger partial charge < -0.3 is 14.8 Å². The highest BCUT2D eigenvalue weighted by Gasteiger charge is 2.13. The van der Waals surface area contributed by atoms with Gasteiger partial charge in [0.2, 0.25) is 5.91 Å². The van der Waals surface area contributed by atoms with E-state index in [-0.39, 0.29) is 18.4 Å². The van der Waals surface area contributed by atoms with Crippen molar-refractivity contribution in [2.75, 3.05) is 14.2 Å². The molecule has 0 aliphatic carbocycles. The molecule has 0 fully saturated rings. The molecule has 0 unspecified atom stereocenters. The molecule has 5 heteroatoms. The molecule has 2 aromatic carbocycles. The highest BCUT2D eigenvalue weighted by Crippen LogP contribution is 2.24. The summed E-state index contributed by atoms with van der Waals surface area (Å²) in [5.74, 6) is 1.32. The fourth-order valence-electron chi connectivity index (χ4n) is 2.32. The highest BCUT2D eigenvalue weighted by molar-refractivity contribution is 9.10. The summed E-state index contributed by atoms with van der Waals surface area (Å²) in [6.07, 6.45) is 0.237. The predicted molar refractivity (Wildman–Crippen MR) is 93.9 cm³/mol. The van der Waals surface area contributed by atoms with Crippen LogP contribution in [-0.2, 0) is 11.2 Å². The van der Waals surface area contributed by atoms with Crippen molar-refractivity contribution in [2.24, 2.45) is 0 Å². The Bertz CT molecular complexity index is 670. The Kier molecular flexibility index (Phi) is 6.04. The van der Waals surface area contributed by atoms with Crippen molar-refractivity contribution in [1.29, 1.82) is 0 Å². The van der Waals surface area contributed by atoms with Gasteiger partial charge in [0.1, 0.15) is 11.5 Å². The Morgan fingerprint density at radius 3 is 2.43 bits per heavy atom. The monoisotopic (exact) mass is 377 g/mol. The summed E-state index contributed by atoms with van der Waals surface area (Å²) >= 11 is 3.41. The zero-order chi connectivity index (χ0) is 16.8. The third-order valence-corrected chi connectivity index (χ3v) is 4.11. The Morgan fingerprint density at radius 1 is 1.13 bits per heavy atom. The lowest BCUT2D eigenvalue weighted by Gasteiger charge is -2.16. The number of nitrogens with one attached hydrogen (secondary N) is 1. The van der Waals surface area contributed by atoms with Gasteiger partial charge in [0.15, 0.2) is 0 Å². The lowest BCUT2D eigenvalue weighted by molar-refractivity contribution is -0.121. The SMILES string of the molecule is COc1ccc(OC)c(CC(=O)N[C@@H](C)c2ccc(Br)cc2)c1. The van der Waals surface area contributed by atoms with Gasteiger partial charge in [-0.3, -0.25) is 4.79 Å². The first kappa shape index (κ1) is 17.3. The van der Waals surface area contributed by atoms with Crippen LogP contribution in [0.1, 0.15) is 24.1 Å². The van der Waals surface area contributed by atoms with E-state index in [1.54, 1.807) is 20.3 Å². The molecule has 23 heavy (non-hydrogen) atoms. The van der Waals surface area contributed by atoms with Crippen LogP contribution in [0.5, 0.6) is 11.5 Å². The van der Waals surface area contributed by atoms with Crippen molar-refractivity contribution < 1.29 is 14.3 Å². The molecule has 0 saturated carbocycles. The average molecular weight is 378 g/mol. The largest absolute Gasteiger partial charge is 0.497 e. The number of benzene rings is 2. The normalized spacial score (nSPS) is 11.7. The standard InChI is InChI=1S/C18H20BrNO3/c1-12(13-4-6-15(19)7-5-13)20-18(21)11-14-10-16(22-2)8-9-17(14)23-3/h4-10,12H,11H2,1-3H3,(H,20,21)/t12-/m0/s1. The van der Waals surface area contributed by atoms with Crippen LogP contribution >= 0.6 is 15.9 Å². The maximum Gasteiger partial charge on any atom is 0.225 e. The number of carbonyl (C=O) groups excluding carboxylic acids is 1. The van der Waals surface area contributed by atoms with Gasteiger partial charge >= 0.3 is 0 Å². The van der Waals surface area contributed by atoms with Crippen molar-refractivity contribution in [2.45, 2.75) is 19.4 Å². The third-order valence-electron chi connectivity index (χ3n) is 3.59. The van der Waals surface area contributed by atoms with Crippen molar-refractivity contribution in [1.82, 2.24) is 5.32 Å². The minimum absolute atomic E-state index is 0.0628. The molecule has 0 heterocycles. The summed E-state index contributed by atoms with van der Waals surface area (Å²) < 4.78 is 11.5. The molecular formula is C18H20BrNO3. The second kappa shape index (κ2) is 8.02. The zero-order valence-corrected chi connectivity index (χ0v) is 15.0. The van der Waals surface area contributed by atoms with Crippen LogP contribution in [0.25, 0.3) is 0 Å². The minimum atomic E-state index is -0.0630. The van der Waals surface area contributed by atoms with Crippen molar-refractivity contribution in [3.8, 4) is 11.5 Å². The zero-order valence-electron chi connectivity index (χ0n) is 13.4. The van der Waals surface area contributed by atoms with Gasteiger partial charge in [-0.15, -0.1) is 0 Å². The molecule has 0 radical (unpaired) electrons. The molecule has 0 bridgehead atoms. The molecule has 1 N–H and O–H groups in total. The van der Waals surface area contributed by atoms with E-state index >= 15 is 0 Å². The molecule has 1 atom stereocenters. The molecule has 0 spiro atoms. The fourth-order valence-corrected chi connectivity index (χ4v) is 2.58. The summed E-state index contributed by atoms with van der Waals surface area (Å²) in [4.78, 5) is 12.3. The molecule has 2 rings (SSSR count). The molecule has 122 valence electrons. The minimum Gasteiger partial charge on any atom is -0.497 e. The third kappa shape index (κ3) is 4.73. The molecule has 0 aromatic heterocycles. The van der Waals surface area contributed by atoms with Crippen LogP contribution in [0.3, 0.4) is 0 Å². The lowest BCUT2D eigenvalue weighted by Crippen LogP contribution is -2.28. The number of carbonyl (C=O) groups is 1. The van der Waals surface area contributed by atoms with E-state index in [4.69, 9.17) is 9.47 Å². The van der Waals surface area contributed by atoms with Gasteiger partial charge in [0.05, 0.1) is 26.7 Å². The number of ether oxygens (including phenoxy) is 2. The summed E-state index contributed by atoms with van der Waals surface area (Å²) in [5.41, 5.74) is 1.85. The quantitative estimate of drug-likeness (QED) is 0.830. The molecular weight excluding hydrogens is 358 g/mol. The van der Waals surface area contributed by atoms with Crippen molar-refractivity contribution in [3.05, 3.63) is 58.1 Å². The Labute approximate surface area is 144 Å². The van der Waals surface area contributed by atoms with E-state index in [1.165, 1.54) is 0 Å². The lowest BCUT2D eigenvalue weighted by atomic mass is 10.1. The summed E-state index contributed by atoms with van der Waals surface area (Å²) in [6.45, 7) is 1.96. The van der Waals surface area contributed by atoms with Gasteiger partial charge in [0.25, 0.3) is 0 Å². The fraction of sp³-hybridized carbons (Fsp3) is 0.278. The van der Waals surface area contributed by atoms with Crippen molar-refractivity contribution >= 4 is 21.8 Å². The highest BCUT2D eigenvalue weighted by atomic mass is 79.9. The molecule has 4 nitrogen and oxygen atoms in total.